The third-order valence-corrected chi connectivity index (χ3v) is 6.26. The van der Waals surface area contributed by atoms with Crippen LogP contribution in [-0.4, -0.2) is 10.9 Å². The fourth-order valence-electron chi connectivity index (χ4n) is 3.05. The molecule has 1 N–H and O–H groups in total. The molecule has 1 heterocycles. The minimum Gasteiger partial charge on any atom is -0.302 e. The van der Waals surface area contributed by atoms with Gasteiger partial charge in [-0.3, -0.25) is 4.79 Å². The lowest BCUT2D eigenvalue weighted by atomic mass is 9.89. The van der Waals surface area contributed by atoms with Crippen LogP contribution in [0, 0.1) is 12.8 Å². The molecule has 1 aromatic carbocycles. The van der Waals surface area contributed by atoms with E-state index in [9.17, 15) is 4.79 Å². The van der Waals surface area contributed by atoms with Crippen molar-refractivity contribution in [3.63, 3.8) is 0 Å². The van der Waals surface area contributed by atoms with Gasteiger partial charge < -0.3 is 5.32 Å². The summed E-state index contributed by atoms with van der Waals surface area (Å²) in [6, 6.07) is 5.65. The summed E-state index contributed by atoms with van der Waals surface area (Å²) < 4.78 is 0. The second kappa shape index (κ2) is 7.85. The van der Waals surface area contributed by atoms with E-state index in [2.05, 4.69) is 10.3 Å². The fourth-order valence-corrected chi connectivity index (χ4v) is 4.37. The number of hydrogen-bond acceptors (Lipinski definition) is 3. The molecule has 24 heavy (non-hydrogen) atoms. The van der Waals surface area contributed by atoms with Crippen molar-refractivity contribution >= 4 is 45.6 Å². The Labute approximate surface area is 156 Å². The molecule has 1 aliphatic carbocycles. The Balaban J connectivity index is 1.68. The minimum absolute atomic E-state index is 0.115. The lowest BCUT2D eigenvalue weighted by molar-refractivity contribution is -0.120. The second-order valence-corrected chi connectivity index (χ2v) is 8.18. The number of thiazole rings is 1. The van der Waals surface area contributed by atoms with Crippen molar-refractivity contribution < 1.29 is 4.79 Å². The smallest absolute Gasteiger partial charge is 0.229 e. The van der Waals surface area contributed by atoms with Gasteiger partial charge in [0.1, 0.15) is 0 Å². The first-order valence-electron chi connectivity index (χ1n) is 8.24. The van der Waals surface area contributed by atoms with Crippen LogP contribution in [0.5, 0.6) is 0 Å². The van der Waals surface area contributed by atoms with E-state index in [4.69, 9.17) is 23.2 Å². The molecule has 0 atom stereocenters. The van der Waals surface area contributed by atoms with Gasteiger partial charge in [0.05, 0.1) is 15.7 Å². The average Bonchev–Trinajstić information content (AvgIpc) is 2.91. The average molecular weight is 383 g/mol. The summed E-state index contributed by atoms with van der Waals surface area (Å²) in [6.45, 7) is 1.97. The maximum atomic E-state index is 12.4. The molecule has 0 bridgehead atoms. The van der Waals surface area contributed by atoms with E-state index >= 15 is 0 Å². The number of carbonyl (C=O) groups excluding carboxylic acids is 1. The molecule has 0 spiro atoms. The predicted octanol–water partition coefficient (Wildman–Crippen LogP) is 5.87. The van der Waals surface area contributed by atoms with Gasteiger partial charge in [0.25, 0.3) is 0 Å². The van der Waals surface area contributed by atoms with Gasteiger partial charge in [-0.25, -0.2) is 4.98 Å². The Kier molecular flexibility index (Phi) is 5.80. The van der Waals surface area contributed by atoms with Crippen LogP contribution in [0.15, 0.2) is 18.2 Å². The van der Waals surface area contributed by atoms with Gasteiger partial charge in [0.15, 0.2) is 5.13 Å². The highest BCUT2D eigenvalue weighted by Crippen LogP contribution is 2.30. The monoisotopic (exact) mass is 382 g/mol. The van der Waals surface area contributed by atoms with Crippen LogP contribution in [0.1, 0.15) is 48.2 Å². The molecule has 128 valence electrons. The largest absolute Gasteiger partial charge is 0.302 e. The van der Waals surface area contributed by atoms with Crippen LogP contribution in [0.25, 0.3) is 0 Å². The van der Waals surface area contributed by atoms with Crippen molar-refractivity contribution in [2.75, 3.05) is 5.32 Å². The fraction of sp³-hybridized carbons (Fsp3) is 0.444. The van der Waals surface area contributed by atoms with Crippen molar-refractivity contribution in [2.24, 2.45) is 5.92 Å². The van der Waals surface area contributed by atoms with Gasteiger partial charge in [0.2, 0.25) is 5.91 Å². The number of carbonyl (C=O) groups is 1. The lowest BCUT2D eigenvalue weighted by Gasteiger charge is -2.19. The standard InChI is InChI=1S/C18H20Cl2N2OS/c1-11-16(10-12-7-8-14(19)15(20)9-12)24-18(21-11)22-17(23)13-5-3-2-4-6-13/h7-9,13H,2-6,10H2,1H3,(H,21,22,23). The lowest BCUT2D eigenvalue weighted by Crippen LogP contribution is -2.24. The number of hydrogen-bond donors (Lipinski definition) is 1. The molecule has 0 saturated heterocycles. The summed E-state index contributed by atoms with van der Waals surface area (Å²) in [7, 11) is 0. The molecule has 1 aliphatic rings. The Bertz CT molecular complexity index is 739. The van der Waals surface area contributed by atoms with Gasteiger partial charge in [0, 0.05) is 17.2 Å². The van der Waals surface area contributed by atoms with Crippen molar-refractivity contribution in [2.45, 2.75) is 45.4 Å². The summed E-state index contributed by atoms with van der Waals surface area (Å²) in [6.07, 6.45) is 6.27. The number of aryl methyl sites for hydroxylation is 1. The SMILES string of the molecule is Cc1nc(NC(=O)C2CCCCC2)sc1Cc1ccc(Cl)c(Cl)c1. The van der Waals surface area contributed by atoms with Gasteiger partial charge in [-0.05, 0) is 37.5 Å². The number of amides is 1. The summed E-state index contributed by atoms with van der Waals surface area (Å²) >= 11 is 13.6. The van der Waals surface area contributed by atoms with Crippen LogP contribution in [0.2, 0.25) is 10.0 Å². The van der Waals surface area contributed by atoms with E-state index in [1.165, 1.54) is 17.8 Å². The zero-order chi connectivity index (χ0) is 17.1. The number of halogens is 2. The Morgan fingerprint density at radius 2 is 2.00 bits per heavy atom. The van der Waals surface area contributed by atoms with E-state index in [1.807, 2.05) is 19.1 Å². The number of rotatable bonds is 4. The first-order chi connectivity index (χ1) is 11.5. The zero-order valence-corrected chi connectivity index (χ0v) is 15.9. The summed E-state index contributed by atoms with van der Waals surface area (Å²) in [5, 5.41) is 4.81. The zero-order valence-electron chi connectivity index (χ0n) is 13.6. The molecule has 1 fully saturated rings. The summed E-state index contributed by atoms with van der Waals surface area (Å²) in [5.41, 5.74) is 2.03. The number of nitrogens with zero attached hydrogens (tertiary/aromatic N) is 1. The molecule has 0 unspecified atom stereocenters. The quantitative estimate of drug-likeness (QED) is 0.718. The number of benzene rings is 1. The summed E-state index contributed by atoms with van der Waals surface area (Å²) in [4.78, 5) is 18.0. The molecule has 1 amide bonds. The molecule has 1 aromatic heterocycles. The van der Waals surface area contributed by atoms with Gasteiger partial charge in [-0.2, -0.15) is 0 Å². The summed E-state index contributed by atoms with van der Waals surface area (Å²) in [5.74, 6) is 0.256. The van der Waals surface area contributed by atoms with Crippen molar-refractivity contribution in [3.05, 3.63) is 44.4 Å². The van der Waals surface area contributed by atoms with Gasteiger partial charge >= 0.3 is 0 Å². The molecule has 2 aromatic rings. The second-order valence-electron chi connectivity index (χ2n) is 6.28. The highest BCUT2D eigenvalue weighted by molar-refractivity contribution is 7.15. The Morgan fingerprint density at radius 3 is 2.71 bits per heavy atom. The third kappa shape index (κ3) is 4.29. The van der Waals surface area contributed by atoms with Gasteiger partial charge in [-0.15, -0.1) is 11.3 Å². The van der Waals surface area contributed by atoms with E-state index < -0.39 is 0 Å². The molecule has 3 nitrogen and oxygen atoms in total. The molecule has 6 heteroatoms. The topological polar surface area (TPSA) is 42.0 Å². The first kappa shape index (κ1) is 17.7. The van der Waals surface area contributed by atoms with Crippen LogP contribution in [-0.2, 0) is 11.2 Å². The van der Waals surface area contributed by atoms with Crippen molar-refractivity contribution in [3.8, 4) is 0 Å². The Hall–Kier alpha value is -1.10. The van der Waals surface area contributed by atoms with Crippen LogP contribution in [0.3, 0.4) is 0 Å². The highest BCUT2D eigenvalue weighted by Gasteiger charge is 2.22. The molecule has 1 saturated carbocycles. The van der Waals surface area contributed by atoms with Crippen molar-refractivity contribution in [1.82, 2.24) is 4.98 Å². The first-order valence-corrected chi connectivity index (χ1v) is 9.81. The van der Waals surface area contributed by atoms with E-state index in [0.717, 1.165) is 48.2 Å². The maximum Gasteiger partial charge on any atom is 0.229 e. The molecule has 0 aliphatic heterocycles. The number of nitrogens with one attached hydrogen (secondary N) is 1. The molecular formula is C18H20Cl2N2OS. The predicted molar refractivity (Wildman–Crippen MR) is 101 cm³/mol. The minimum atomic E-state index is 0.115. The third-order valence-electron chi connectivity index (χ3n) is 4.45. The van der Waals surface area contributed by atoms with Crippen LogP contribution in [0.4, 0.5) is 5.13 Å². The maximum absolute atomic E-state index is 12.4. The Morgan fingerprint density at radius 1 is 1.25 bits per heavy atom. The van der Waals surface area contributed by atoms with Crippen molar-refractivity contribution in [1.29, 1.82) is 0 Å². The van der Waals surface area contributed by atoms with Gasteiger partial charge in [-0.1, -0.05) is 48.5 Å². The van der Waals surface area contributed by atoms with Crippen LogP contribution >= 0.6 is 34.5 Å². The van der Waals surface area contributed by atoms with E-state index in [0.29, 0.717) is 15.2 Å². The highest BCUT2D eigenvalue weighted by atomic mass is 35.5. The molecule has 0 radical (unpaired) electrons. The molecular weight excluding hydrogens is 363 g/mol. The van der Waals surface area contributed by atoms with E-state index in [-0.39, 0.29) is 11.8 Å². The number of aromatic nitrogens is 1. The molecule has 3 rings (SSSR count). The number of anilines is 1. The normalized spacial score (nSPS) is 15.5. The van der Waals surface area contributed by atoms with Crippen LogP contribution < -0.4 is 5.32 Å². The van der Waals surface area contributed by atoms with E-state index in [1.54, 1.807) is 6.07 Å².